The van der Waals surface area contributed by atoms with Crippen LogP contribution >= 0.6 is 11.8 Å². The number of carbonyl (C=O) groups is 2. The van der Waals surface area contributed by atoms with Crippen molar-refractivity contribution in [2.24, 2.45) is 0 Å². The Hall–Kier alpha value is -1.71. The highest BCUT2D eigenvalue weighted by Crippen LogP contribution is 2.23. The van der Waals surface area contributed by atoms with E-state index in [0.29, 0.717) is 0 Å². The molecule has 0 spiro atoms. The molecule has 0 saturated heterocycles. The van der Waals surface area contributed by atoms with Crippen molar-refractivity contribution in [3.63, 3.8) is 0 Å². The Morgan fingerprint density at radius 1 is 1.45 bits per heavy atom. The molecule has 9 heteroatoms. The number of hydrogen-bond acceptors (Lipinski definition) is 8. The number of carboxylic acids is 1. The van der Waals surface area contributed by atoms with Crippen molar-refractivity contribution >= 4 is 23.7 Å². The molecule has 20 heavy (non-hydrogen) atoms. The molecule has 0 bridgehead atoms. The zero-order chi connectivity index (χ0) is 15.3. The summed E-state index contributed by atoms with van der Waals surface area (Å²) in [7, 11) is 1.14. The van der Waals surface area contributed by atoms with Crippen LogP contribution in [-0.2, 0) is 9.53 Å². The van der Waals surface area contributed by atoms with Gasteiger partial charge in [-0.2, -0.15) is 0 Å². The molecule has 0 amide bonds. The minimum atomic E-state index is -1.60. The number of thioether (sulfide) groups is 1. The number of hydrogen-bond donors (Lipinski definition) is 3. The average Bonchev–Trinajstić information content (AvgIpc) is 2.45. The summed E-state index contributed by atoms with van der Waals surface area (Å²) in [6.07, 6.45) is -0.794. The number of carboxylic acid groups (broad SMARTS) is 1. The van der Waals surface area contributed by atoms with E-state index >= 15 is 0 Å². The van der Waals surface area contributed by atoms with Gasteiger partial charge in [-0.1, -0.05) is 11.8 Å². The zero-order valence-corrected chi connectivity index (χ0v) is 11.6. The van der Waals surface area contributed by atoms with Gasteiger partial charge in [0.05, 0.1) is 19.6 Å². The minimum Gasteiger partial charge on any atom is -0.476 e. The zero-order valence-electron chi connectivity index (χ0n) is 10.8. The molecule has 1 heterocycles. The van der Waals surface area contributed by atoms with E-state index in [4.69, 9.17) is 5.11 Å². The second kappa shape index (κ2) is 7.17. The van der Waals surface area contributed by atoms with Gasteiger partial charge < -0.3 is 20.1 Å². The number of rotatable bonds is 6. The molecule has 0 aliphatic rings. The molecule has 0 fully saturated rings. The summed E-state index contributed by atoms with van der Waals surface area (Å²) in [5.74, 6) is -2.09. The van der Waals surface area contributed by atoms with Crippen molar-refractivity contribution in [1.29, 1.82) is 0 Å². The van der Waals surface area contributed by atoms with Crippen LogP contribution in [0.2, 0.25) is 0 Å². The van der Waals surface area contributed by atoms with Gasteiger partial charge >= 0.3 is 11.9 Å². The summed E-state index contributed by atoms with van der Waals surface area (Å²) in [6, 6.07) is 0. The molecule has 0 aliphatic heterocycles. The van der Waals surface area contributed by atoms with Crippen molar-refractivity contribution in [1.82, 2.24) is 9.97 Å². The summed E-state index contributed by atoms with van der Waals surface area (Å²) in [4.78, 5) is 29.7. The fraction of sp³-hybridized carbons (Fsp3) is 0.455. The van der Waals surface area contributed by atoms with Crippen molar-refractivity contribution in [2.75, 3.05) is 13.4 Å². The summed E-state index contributed by atoms with van der Waals surface area (Å²) in [5, 5.41) is 28.9. The van der Waals surface area contributed by atoms with E-state index in [1.807, 2.05) is 0 Å². The third-order valence-corrected chi connectivity index (χ3v) is 3.03. The van der Waals surface area contributed by atoms with Crippen molar-refractivity contribution in [3.05, 3.63) is 17.5 Å². The molecule has 0 aromatic carbocycles. The van der Waals surface area contributed by atoms with Gasteiger partial charge in [0.1, 0.15) is 6.10 Å². The second-order valence-corrected chi connectivity index (χ2v) is 4.53. The molecule has 2 unspecified atom stereocenters. The molecule has 0 radical (unpaired) electrons. The van der Waals surface area contributed by atoms with Crippen LogP contribution in [-0.4, -0.2) is 56.7 Å². The lowest BCUT2D eigenvalue weighted by Crippen LogP contribution is -2.25. The maximum atomic E-state index is 11.1. The molecule has 110 valence electrons. The number of carbonyl (C=O) groups excluding carboxylic acids is 1. The summed E-state index contributed by atoms with van der Waals surface area (Å²) in [6.45, 7) is 0. The SMILES string of the molecule is COC(=O)CC(O)C(O)c1cnc(SC)nc1C(=O)O. The van der Waals surface area contributed by atoms with Crippen LogP contribution in [0.3, 0.4) is 0 Å². The van der Waals surface area contributed by atoms with Crippen LogP contribution in [0.5, 0.6) is 0 Å². The predicted molar refractivity (Wildman–Crippen MR) is 68.4 cm³/mol. The molecule has 3 N–H and O–H groups in total. The topological polar surface area (TPSA) is 130 Å². The monoisotopic (exact) mass is 302 g/mol. The van der Waals surface area contributed by atoms with Gasteiger partial charge in [0.15, 0.2) is 10.9 Å². The van der Waals surface area contributed by atoms with Crippen LogP contribution in [0.4, 0.5) is 0 Å². The van der Waals surface area contributed by atoms with Crippen molar-refractivity contribution in [3.8, 4) is 0 Å². The van der Waals surface area contributed by atoms with Crippen molar-refractivity contribution < 1.29 is 29.6 Å². The molecule has 1 rings (SSSR count). The van der Waals surface area contributed by atoms with Gasteiger partial charge in [-0.3, -0.25) is 4.79 Å². The van der Waals surface area contributed by atoms with E-state index in [-0.39, 0.29) is 10.7 Å². The highest BCUT2D eigenvalue weighted by Gasteiger charge is 2.27. The largest absolute Gasteiger partial charge is 0.476 e. The lowest BCUT2D eigenvalue weighted by atomic mass is 10.0. The third-order valence-electron chi connectivity index (χ3n) is 2.47. The summed E-state index contributed by atoms with van der Waals surface area (Å²) >= 11 is 1.14. The van der Waals surface area contributed by atoms with E-state index in [1.54, 1.807) is 6.26 Å². The molecule has 2 atom stereocenters. The number of aliphatic hydroxyl groups excluding tert-OH is 2. The molecule has 8 nitrogen and oxygen atoms in total. The van der Waals surface area contributed by atoms with Gasteiger partial charge in [-0.25, -0.2) is 14.8 Å². The highest BCUT2D eigenvalue weighted by atomic mass is 32.2. The van der Waals surface area contributed by atoms with Gasteiger partial charge in [0.25, 0.3) is 0 Å². The molecule has 1 aromatic heterocycles. The Labute approximate surface area is 118 Å². The molecular formula is C11H14N2O6S. The van der Waals surface area contributed by atoms with E-state index < -0.39 is 36.3 Å². The van der Waals surface area contributed by atoms with Crippen molar-refractivity contribution in [2.45, 2.75) is 23.8 Å². The Bertz CT molecular complexity index is 510. The Morgan fingerprint density at radius 3 is 2.60 bits per heavy atom. The van der Waals surface area contributed by atoms with Gasteiger partial charge in [0.2, 0.25) is 0 Å². The first-order valence-corrected chi connectivity index (χ1v) is 6.70. The average molecular weight is 302 g/mol. The predicted octanol–water partition coefficient (Wildman–Crippen LogP) is -0.146. The normalized spacial score (nSPS) is 13.6. The number of esters is 1. The first-order valence-electron chi connectivity index (χ1n) is 5.47. The number of aromatic nitrogens is 2. The molecule has 0 aliphatic carbocycles. The number of aliphatic hydroxyl groups is 2. The van der Waals surface area contributed by atoms with Gasteiger partial charge in [-0.05, 0) is 6.26 Å². The summed E-state index contributed by atoms with van der Waals surface area (Å²) < 4.78 is 4.36. The maximum absolute atomic E-state index is 11.1. The number of methoxy groups -OCH3 is 1. The van der Waals surface area contributed by atoms with Crippen LogP contribution in [0.15, 0.2) is 11.4 Å². The lowest BCUT2D eigenvalue weighted by Gasteiger charge is -2.18. The fourth-order valence-electron chi connectivity index (χ4n) is 1.43. The number of nitrogens with zero attached hydrogens (tertiary/aromatic N) is 2. The highest BCUT2D eigenvalue weighted by molar-refractivity contribution is 7.98. The maximum Gasteiger partial charge on any atom is 0.355 e. The summed E-state index contributed by atoms with van der Waals surface area (Å²) in [5.41, 5.74) is -0.576. The van der Waals surface area contributed by atoms with E-state index in [1.165, 1.54) is 0 Å². The Kier molecular flexibility index (Phi) is 5.86. The Morgan fingerprint density at radius 2 is 2.10 bits per heavy atom. The van der Waals surface area contributed by atoms with E-state index in [9.17, 15) is 19.8 Å². The Balaban J connectivity index is 3.05. The van der Waals surface area contributed by atoms with Crippen LogP contribution < -0.4 is 0 Å². The standard InChI is InChI=1S/C11H14N2O6S/c1-19-7(15)3-6(14)9(16)5-4-12-11(20-2)13-8(5)10(17)18/h4,6,9,14,16H,3H2,1-2H3,(H,17,18). The van der Waals surface area contributed by atoms with Crippen LogP contribution in [0, 0.1) is 0 Å². The first kappa shape index (κ1) is 16.3. The van der Waals surface area contributed by atoms with E-state index in [0.717, 1.165) is 25.1 Å². The number of ether oxygens (including phenoxy) is 1. The van der Waals surface area contributed by atoms with Gasteiger partial charge in [0, 0.05) is 11.8 Å². The van der Waals surface area contributed by atoms with Gasteiger partial charge in [-0.15, -0.1) is 0 Å². The quantitative estimate of drug-likeness (QED) is 0.373. The van der Waals surface area contributed by atoms with E-state index in [2.05, 4.69) is 14.7 Å². The molecule has 0 saturated carbocycles. The molecule has 1 aromatic rings. The lowest BCUT2D eigenvalue weighted by molar-refractivity contribution is -0.144. The fourth-order valence-corrected chi connectivity index (χ4v) is 1.77. The molecular weight excluding hydrogens is 288 g/mol. The minimum absolute atomic E-state index is 0.160. The van der Waals surface area contributed by atoms with Crippen LogP contribution in [0.25, 0.3) is 0 Å². The van der Waals surface area contributed by atoms with Crippen LogP contribution in [0.1, 0.15) is 28.6 Å². The second-order valence-electron chi connectivity index (χ2n) is 3.76. The third kappa shape index (κ3) is 3.89. The number of aromatic carboxylic acids is 1. The smallest absolute Gasteiger partial charge is 0.355 e. The first-order chi connectivity index (χ1) is 9.40.